The molecule has 0 aliphatic carbocycles. The van der Waals surface area contributed by atoms with Gasteiger partial charge in [0.1, 0.15) is 27.6 Å². The van der Waals surface area contributed by atoms with E-state index in [1.165, 1.54) is 0 Å². The maximum Gasteiger partial charge on any atom is 0.144 e. The Labute approximate surface area is 135 Å². The summed E-state index contributed by atoms with van der Waals surface area (Å²) in [6, 6.07) is 15.5. The molecule has 0 aliphatic rings. The quantitative estimate of drug-likeness (QED) is 0.608. The second kappa shape index (κ2) is 6.99. The largest absolute Gasteiger partial charge is 0.591 e. The molecule has 2 aromatic carbocycles. The first-order valence-corrected chi connectivity index (χ1v) is 8.26. The van der Waals surface area contributed by atoms with Crippen molar-refractivity contribution in [3.63, 3.8) is 0 Å². The number of hydrogen-bond acceptors (Lipinski definition) is 3. The van der Waals surface area contributed by atoms with Crippen LogP contribution in [-0.4, -0.2) is 15.5 Å². The molecular formula is C18H21NO2S. The minimum absolute atomic E-state index is 0.355. The van der Waals surface area contributed by atoms with E-state index >= 15 is 0 Å². The van der Waals surface area contributed by atoms with E-state index in [1.54, 1.807) is 6.21 Å². The van der Waals surface area contributed by atoms with Crippen LogP contribution in [0.5, 0.6) is 11.5 Å². The monoisotopic (exact) mass is 315 g/mol. The molecule has 0 aliphatic heterocycles. The van der Waals surface area contributed by atoms with Crippen LogP contribution < -0.4 is 4.74 Å². The first kappa shape index (κ1) is 16.6. The van der Waals surface area contributed by atoms with Crippen LogP contribution >= 0.6 is 0 Å². The van der Waals surface area contributed by atoms with Crippen LogP contribution in [0.3, 0.4) is 0 Å². The van der Waals surface area contributed by atoms with E-state index in [1.807, 2.05) is 76.2 Å². The van der Waals surface area contributed by atoms with E-state index in [2.05, 4.69) is 4.40 Å². The van der Waals surface area contributed by atoms with Gasteiger partial charge in [-0.1, -0.05) is 28.7 Å². The molecule has 0 saturated carbocycles. The SMILES string of the molecule is Cc1cccc(Oc2cccc(/C=N/[S+]([O-])C(C)(C)C)c2)c1. The number of aryl methyl sites for hydroxylation is 1. The van der Waals surface area contributed by atoms with Gasteiger partial charge in [0.2, 0.25) is 0 Å². The normalized spacial score (nSPS) is 13.3. The number of rotatable bonds is 4. The highest BCUT2D eigenvalue weighted by atomic mass is 32.2. The van der Waals surface area contributed by atoms with Crippen molar-refractivity contribution >= 4 is 17.6 Å². The van der Waals surface area contributed by atoms with Gasteiger partial charge in [-0.05, 0) is 57.5 Å². The van der Waals surface area contributed by atoms with E-state index in [0.29, 0.717) is 0 Å². The average molecular weight is 315 g/mol. The van der Waals surface area contributed by atoms with Crippen molar-refractivity contribution in [3.05, 3.63) is 59.7 Å². The Morgan fingerprint density at radius 1 is 1.05 bits per heavy atom. The van der Waals surface area contributed by atoms with Gasteiger partial charge in [-0.2, -0.15) is 0 Å². The molecule has 2 aromatic rings. The fraction of sp³-hybridized carbons (Fsp3) is 0.278. The molecule has 0 radical (unpaired) electrons. The fourth-order valence-electron chi connectivity index (χ4n) is 1.74. The molecular weight excluding hydrogens is 294 g/mol. The lowest BCUT2D eigenvalue weighted by Crippen LogP contribution is -2.25. The van der Waals surface area contributed by atoms with E-state index in [0.717, 1.165) is 22.6 Å². The van der Waals surface area contributed by atoms with Crippen LogP contribution in [-0.2, 0) is 11.4 Å². The maximum atomic E-state index is 11.9. The van der Waals surface area contributed by atoms with Gasteiger partial charge in [-0.25, -0.2) is 0 Å². The Morgan fingerprint density at radius 3 is 2.32 bits per heavy atom. The average Bonchev–Trinajstić information content (AvgIpc) is 2.44. The Bertz CT molecular complexity index is 662. The van der Waals surface area contributed by atoms with Crippen molar-refractivity contribution in [1.82, 2.24) is 0 Å². The molecule has 2 rings (SSSR count). The number of ether oxygens (including phenoxy) is 1. The second-order valence-corrected chi connectivity index (χ2v) is 8.02. The molecule has 1 unspecified atom stereocenters. The molecule has 1 atom stereocenters. The topological polar surface area (TPSA) is 44.6 Å². The highest BCUT2D eigenvalue weighted by molar-refractivity contribution is 7.91. The summed E-state index contributed by atoms with van der Waals surface area (Å²) >= 11 is -1.26. The zero-order valence-corrected chi connectivity index (χ0v) is 14.2. The van der Waals surface area contributed by atoms with Gasteiger partial charge in [0.15, 0.2) is 0 Å². The van der Waals surface area contributed by atoms with Gasteiger partial charge in [0.25, 0.3) is 0 Å². The number of benzene rings is 2. The summed E-state index contributed by atoms with van der Waals surface area (Å²) in [5.74, 6) is 1.53. The Morgan fingerprint density at radius 2 is 1.68 bits per heavy atom. The minimum Gasteiger partial charge on any atom is -0.591 e. The molecule has 3 nitrogen and oxygen atoms in total. The first-order chi connectivity index (χ1) is 10.3. The molecule has 0 spiro atoms. The van der Waals surface area contributed by atoms with Crippen LogP contribution in [0.4, 0.5) is 0 Å². The van der Waals surface area contributed by atoms with Crippen molar-refractivity contribution in [2.45, 2.75) is 32.4 Å². The molecule has 22 heavy (non-hydrogen) atoms. The van der Waals surface area contributed by atoms with Gasteiger partial charge < -0.3 is 9.29 Å². The molecule has 0 N–H and O–H groups in total. The third kappa shape index (κ3) is 4.90. The second-order valence-electron chi connectivity index (χ2n) is 6.09. The van der Waals surface area contributed by atoms with Gasteiger partial charge in [-0.15, -0.1) is 0 Å². The molecule has 0 fully saturated rings. The molecule has 116 valence electrons. The fourth-order valence-corrected chi connectivity index (χ4v) is 2.27. The van der Waals surface area contributed by atoms with Crippen molar-refractivity contribution < 1.29 is 9.29 Å². The smallest absolute Gasteiger partial charge is 0.144 e. The van der Waals surface area contributed by atoms with Crippen molar-refractivity contribution in [3.8, 4) is 11.5 Å². The summed E-state index contributed by atoms with van der Waals surface area (Å²) in [6.45, 7) is 7.73. The number of hydrogen-bond donors (Lipinski definition) is 0. The van der Waals surface area contributed by atoms with E-state index in [4.69, 9.17) is 4.74 Å². The molecule has 4 heteroatoms. The Hall–Kier alpha value is -1.78. The highest BCUT2D eigenvalue weighted by Gasteiger charge is 2.25. The van der Waals surface area contributed by atoms with Gasteiger partial charge in [0, 0.05) is 5.56 Å². The van der Waals surface area contributed by atoms with E-state index in [-0.39, 0.29) is 4.75 Å². The summed E-state index contributed by atoms with van der Waals surface area (Å²) in [5.41, 5.74) is 2.01. The zero-order chi connectivity index (χ0) is 16.2. The Kier molecular flexibility index (Phi) is 5.27. The lowest BCUT2D eigenvalue weighted by molar-refractivity contribution is 0.482. The summed E-state index contributed by atoms with van der Waals surface area (Å²) in [7, 11) is 0. The van der Waals surface area contributed by atoms with Gasteiger partial charge >= 0.3 is 0 Å². The van der Waals surface area contributed by atoms with E-state index in [9.17, 15) is 4.55 Å². The van der Waals surface area contributed by atoms with E-state index < -0.39 is 11.4 Å². The third-order valence-corrected chi connectivity index (χ3v) is 4.25. The third-order valence-electron chi connectivity index (χ3n) is 2.90. The standard InChI is InChI=1S/C18H21NO2S/c1-14-7-5-9-16(11-14)21-17-10-6-8-15(12-17)13-19-22(20)18(2,3)4/h5-13H,1-4H3/b19-13+. The molecule has 0 aromatic heterocycles. The molecule has 0 saturated heterocycles. The zero-order valence-electron chi connectivity index (χ0n) is 13.4. The Balaban J connectivity index is 2.12. The van der Waals surface area contributed by atoms with Crippen LogP contribution in [0.2, 0.25) is 0 Å². The van der Waals surface area contributed by atoms with Crippen molar-refractivity contribution in [2.24, 2.45) is 4.40 Å². The lowest BCUT2D eigenvalue weighted by Gasteiger charge is -2.17. The minimum atomic E-state index is -1.26. The summed E-state index contributed by atoms with van der Waals surface area (Å²) in [5, 5.41) is 0. The highest BCUT2D eigenvalue weighted by Crippen LogP contribution is 2.23. The summed E-state index contributed by atoms with van der Waals surface area (Å²) in [6.07, 6.45) is 1.63. The van der Waals surface area contributed by atoms with Gasteiger partial charge in [0.05, 0.1) is 6.21 Å². The predicted molar refractivity (Wildman–Crippen MR) is 93.2 cm³/mol. The van der Waals surface area contributed by atoms with Gasteiger partial charge in [-0.3, -0.25) is 0 Å². The predicted octanol–water partition coefficient (Wildman–Crippen LogP) is 4.67. The summed E-state index contributed by atoms with van der Waals surface area (Å²) < 4.78 is 21.5. The first-order valence-electron chi connectivity index (χ1n) is 7.15. The van der Waals surface area contributed by atoms with Crippen LogP contribution in [0.15, 0.2) is 52.9 Å². The van der Waals surface area contributed by atoms with Crippen molar-refractivity contribution in [2.75, 3.05) is 0 Å². The molecule has 0 bridgehead atoms. The lowest BCUT2D eigenvalue weighted by atomic mass is 10.2. The molecule has 0 heterocycles. The van der Waals surface area contributed by atoms with Crippen LogP contribution in [0.1, 0.15) is 31.9 Å². The van der Waals surface area contributed by atoms with Crippen LogP contribution in [0, 0.1) is 6.92 Å². The molecule has 0 amide bonds. The number of nitrogens with zero attached hydrogens (tertiary/aromatic N) is 1. The summed E-state index contributed by atoms with van der Waals surface area (Å²) in [4.78, 5) is 0. The maximum absolute atomic E-state index is 11.9. The van der Waals surface area contributed by atoms with Crippen molar-refractivity contribution in [1.29, 1.82) is 0 Å². The van der Waals surface area contributed by atoms with Crippen LogP contribution in [0.25, 0.3) is 0 Å².